The summed E-state index contributed by atoms with van der Waals surface area (Å²) >= 11 is 4.52. The molecule has 0 spiro atoms. The molecule has 1 rings (SSSR count). The second kappa shape index (κ2) is 6.80. The van der Waals surface area contributed by atoms with E-state index in [0.29, 0.717) is 16.8 Å². The molecule has 0 atom stereocenters. The molecule has 0 unspecified atom stereocenters. The van der Waals surface area contributed by atoms with E-state index in [0.717, 1.165) is 4.90 Å². The summed E-state index contributed by atoms with van der Waals surface area (Å²) < 4.78 is 0.538. The van der Waals surface area contributed by atoms with Crippen LogP contribution in [0.1, 0.15) is 17.3 Å². The van der Waals surface area contributed by atoms with Crippen LogP contribution >= 0.6 is 27.7 Å². The normalized spacial score (nSPS) is 10.2. The van der Waals surface area contributed by atoms with Gasteiger partial charge in [-0.15, -0.1) is 11.8 Å². The molecule has 4 nitrogen and oxygen atoms in total. The largest absolute Gasteiger partial charge is 0.478 e. The lowest BCUT2D eigenvalue weighted by molar-refractivity contribution is -0.126. The summed E-state index contributed by atoms with van der Waals surface area (Å²) in [5.41, 5.74) is 0.205. The summed E-state index contributed by atoms with van der Waals surface area (Å²) in [6.45, 7) is 2.57. The Labute approximate surface area is 118 Å². The number of carbonyl (C=O) groups is 2. The zero-order chi connectivity index (χ0) is 13.7. The number of carboxylic acid groups (broad SMARTS) is 1. The lowest BCUT2D eigenvalue weighted by atomic mass is 10.2. The van der Waals surface area contributed by atoms with Crippen molar-refractivity contribution in [1.29, 1.82) is 0 Å². The van der Waals surface area contributed by atoms with Crippen LogP contribution in [0.3, 0.4) is 0 Å². The molecular weight excluding hydrogens is 318 g/mol. The third-order valence-corrected chi connectivity index (χ3v) is 4.10. The second-order valence-electron chi connectivity index (χ2n) is 3.64. The van der Waals surface area contributed by atoms with Crippen LogP contribution in [0.5, 0.6) is 0 Å². The number of hydrogen-bond acceptors (Lipinski definition) is 3. The molecule has 0 fully saturated rings. The third-order valence-electron chi connectivity index (χ3n) is 2.43. The van der Waals surface area contributed by atoms with E-state index in [1.807, 2.05) is 6.92 Å². The number of carboxylic acids is 1. The van der Waals surface area contributed by atoms with Crippen LogP contribution < -0.4 is 0 Å². The summed E-state index contributed by atoms with van der Waals surface area (Å²) in [5.74, 6) is -0.644. The molecule has 0 radical (unpaired) electrons. The van der Waals surface area contributed by atoms with Gasteiger partial charge in [0.1, 0.15) is 0 Å². The molecule has 0 aliphatic heterocycles. The molecule has 0 bridgehead atoms. The highest BCUT2D eigenvalue weighted by Gasteiger charge is 2.11. The highest BCUT2D eigenvalue weighted by atomic mass is 79.9. The van der Waals surface area contributed by atoms with Gasteiger partial charge >= 0.3 is 5.97 Å². The number of hydrogen-bond donors (Lipinski definition) is 1. The first-order chi connectivity index (χ1) is 8.45. The molecule has 1 aromatic rings. The highest BCUT2D eigenvalue weighted by molar-refractivity contribution is 9.10. The summed E-state index contributed by atoms with van der Waals surface area (Å²) in [4.78, 5) is 25.0. The fourth-order valence-electron chi connectivity index (χ4n) is 1.19. The molecule has 98 valence electrons. The average Bonchev–Trinajstić information content (AvgIpc) is 2.36. The number of thioether (sulfide) groups is 1. The highest BCUT2D eigenvalue weighted by Crippen LogP contribution is 2.25. The van der Waals surface area contributed by atoms with Crippen molar-refractivity contribution in [3.63, 3.8) is 0 Å². The van der Waals surface area contributed by atoms with Gasteiger partial charge < -0.3 is 10.0 Å². The first kappa shape index (κ1) is 15.0. The van der Waals surface area contributed by atoms with Crippen LogP contribution in [-0.2, 0) is 4.79 Å². The first-order valence-electron chi connectivity index (χ1n) is 5.35. The Hall–Kier alpha value is -1.01. The second-order valence-corrected chi connectivity index (χ2v) is 5.55. The number of carbonyl (C=O) groups excluding carboxylic acids is 1. The van der Waals surface area contributed by atoms with Gasteiger partial charge in [-0.05, 0) is 41.1 Å². The number of halogens is 1. The van der Waals surface area contributed by atoms with Gasteiger partial charge in [0.2, 0.25) is 5.91 Å². The maximum atomic E-state index is 11.6. The minimum atomic E-state index is -0.985. The molecule has 0 saturated carbocycles. The van der Waals surface area contributed by atoms with Crippen LogP contribution in [0.4, 0.5) is 0 Å². The van der Waals surface area contributed by atoms with E-state index >= 15 is 0 Å². The van der Waals surface area contributed by atoms with Crippen LogP contribution in [-0.4, -0.2) is 41.2 Å². The number of aromatic carboxylic acids is 1. The lowest BCUT2D eigenvalue weighted by Crippen LogP contribution is -2.27. The van der Waals surface area contributed by atoms with Gasteiger partial charge in [0.25, 0.3) is 0 Å². The van der Waals surface area contributed by atoms with Gasteiger partial charge in [-0.1, -0.05) is 0 Å². The van der Waals surface area contributed by atoms with Crippen molar-refractivity contribution >= 4 is 39.6 Å². The molecule has 0 saturated heterocycles. The average molecular weight is 332 g/mol. The molecule has 0 aliphatic carbocycles. The van der Waals surface area contributed by atoms with Gasteiger partial charge in [0, 0.05) is 23.0 Å². The maximum Gasteiger partial charge on any atom is 0.336 e. The minimum absolute atomic E-state index is 0.0299. The maximum absolute atomic E-state index is 11.6. The predicted octanol–water partition coefficient (Wildman–Crippen LogP) is 2.72. The minimum Gasteiger partial charge on any atom is -0.478 e. The lowest BCUT2D eigenvalue weighted by Gasteiger charge is -2.14. The van der Waals surface area contributed by atoms with Crippen molar-refractivity contribution in [2.75, 3.05) is 19.3 Å². The van der Waals surface area contributed by atoms with Crippen molar-refractivity contribution in [2.24, 2.45) is 0 Å². The topological polar surface area (TPSA) is 57.6 Å². The Kier molecular flexibility index (Phi) is 5.68. The molecule has 0 aliphatic rings. The third kappa shape index (κ3) is 4.03. The summed E-state index contributed by atoms with van der Waals surface area (Å²) in [6, 6.07) is 5.04. The Morgan fingerprint density at radius 3 is 2.67 bits per heavy atom. The molecule has 1 aromatic carbocycles. The Morgan fingerprint density at radius 2 is 2.11 bits per heavy atom. The van der Waals surface area contributed by atoms with Gasteiger partial charge in [-0.3, -0.25) is 4.79 Å². The van der Waals surface area contributed by atoms with Gasteiger partial charge in [-0.2, -0.15) is 0 Å². The van der Waals surface area contributed by atoms with Crippen molar-refractivity contribution < 1.29 is 14.7 Å². The fourth-order valence-corrected chi connectivity index (χ4v) is 2.48. The molecule has 18 heavy (non-hydrogen) atoms. The van der Waals surface area contributed by atoms with Crippen molar-refractivity contribution in [1.82, 2.24) is 4.90 Å². The Morgan fingerprint density at radius 1 is 1.44 bits per heavy atom. The van der Waals surface area contributed by atoms with Gasteiger partial charge in [0.05, 0.1) is 11.3 Å². The zero-order valence-corrected chi connectivity index (χ0v) is 12.5. The molecule has 0 heterocycles. The summed E-state index contributed by atoms with van der Waals surface area (Å²) in [5, 5.41) is 8.98. The first-order valence-corrected chi connectivity index (χ1v) is 7.13. The van der Waals surface area contributed by atoms with E-state index in [1.54, 1.807) is 30.1 Å². The summed E-state index contributed by atoms with van der Waals surface area (Å²) in [6.07, 6.45) is 0. The SMILES string of the molecule is CCN(C)C(=O)CSc1ccc(Br)c(C(=O)O)c1. The van der Waals surface area contributed by atoms with Crippen LogP contribution in [0.25, 0.3) is 0 Å². The standard InChI is InChI=1S/C12H14BrNO3S/c1-3-14(2)11(15)7-18-8-4-5-10(13)9(6-8)12(16)17/h4-6H,3,7H2,1-2H3,(H,16,17). The fraction of sp³-hybridized carbons (Fsp3) is 0.333. The number of nitrogens with zero attached hydrogens (tertiary/aromatic N) is 1. The number of rotatable bonds is 5. The predicted molar refractivity (Wildman–Crippen MR) is 75.1 cm³/mol. The smallest absolute Gasteiger partial charge is 0.336 e. The number of amides is 1. The van der Waals surface area contributed by atoms with E-state index in [4.69, 9.17) is 5.11 Å². The van der Waals surface area contributed by atoms with E-state index < -0.39 is 5.97 Å². The van der Waals surface area contributed by atoms with E-state index in [2.05, 4.69) is 15.9 Å². The molecule has 1 amide bonds. The monoisotopic (exact) mass is 331 g/mol. The summed E-state index contributed by atoms with van der Waals surface area (Å²) in [7, 11) is 1.74. The Bertz CT molecular complexity index is 465. The number of benzene rings is 1. The van der Waals surface area contributed by atoms with E-state index in [9.17, 15) is 9.59 Å². The molecule has 6 heteroatoms. The molecule has 1 N–H and O–H groups in total. The van der Waals surface area contributed by atoms with Gasteiger partial charge in [-0.25, -0.2) is 4.79 Å². The van der Waals surface area contributed by atoms with Crippen LogP contribution in [0.2, 0.25) is 0 Å². The zero-order valence-electron chi connectivity index (χ0n) is 10.1. The van der Waals surface area contributed by atoms with Crippen molar-refractivity contribution in [3.8, 4) is 0 Å². The molecule has 0 aromatic heterocycles. The van der Waals surface area contributed by atoms with Crippen molar-refractivity contribution in [2.45, 2.75) is 11.8 Å². The molecular formula is C12H14BrNO3S. The van der Waals surface area contributed by atoms with Crippen LogP contribution in [0.15, 0.2) is 27.6 Å². The Balaban J connectivity index is 2.72. The quantitative estimate of drug-likeness (QED) is 0.843. The van der Waals surface area contributed by atoms with E-state index in [1.165, 1.54) is 11.8 Å². The van der Waals surface area contributed by atoms with Gasteiger partial charge in [0.15, 0.2) is 0 Å². The van der Waals surface area contributed by atoms with E-state index in [-0.39, 0.29) is 11.5 Å². The van der Waals surface area contributed by atoms with Crippen molar-refractivity contribution in [3.05, 3.63) is 28.2 Å². The van der Waals surface area contributed by atoms with Crippen LogP contribution in [0, 0.1) is 0 Å².